The monoisotopic (exact) mass is 994 g/mol. The number of quaternary nitrogens is 2. The van der Waals surface area contributed by atoms with Crippen LogP contribution in [0.5, 0.6) is 51.7 Å². The van der Waals surface area contributed by atoms with Gasteiger partial charge in [0, 0.05) is 56.4 Å². The van der Waals surface area contributed by atoms with Crippen molar-refractivity contribution in [1.29, 1.82) is 0 Å². The molecule has 0 N–H and O–H groups in total. The molecule has 0 fully saturated rings. The average Bonchev–Trinajstić information content (AvgIpc) is 3.35. The van der Waals surface area contributed by atoms with Gasteiger partial charge in [-0.05, 0) is 70.6 Å². The summed E-state index contributed by atoms with van der Waals surface area (Å²) in [6, 6.07) is 18.2. The molecule has 0 saturated carbocycles. The summed E-state index contributed by atoms with van der Waals surface area (Å²) in [5, 5.41) is 0. The lowest BCUT2D eigenvalue weighted by atomic mass is 9.85. The van der Waals surface area contributed by atoms with Gasteiger partial charge in [0.25, 0.3) is 0 Å². The largest absolute Gasteiger partial charge is 1.00 e. The average molecular weight is 996 g/mol. The molecule has 376 valence electrons. The Kier molecular flexibility index (Phi) is 20.4. The molecule has 4 unspecified atom stereocenters. The SMILES string of the molecule is COc1ccc(CC2c3cc(OC)c(OC)cc3CC[N+]2(C)CCCC(=O)C#CC(=O)OCCC[N+]2(C)CCc3cc(OC)c(OC)c(OC)c3C2Cc2ccc(OC)c(OC)c2)cc1OC.[Cl-].[Cl-]. The van der Waals surface area contributed by atoms with Crippen LogP contribution in [-0.4, -0.2) is 132 Å². The van der Waals surface area contributed by atoms with Gasteiger partial charge in [0.05, 0.1) is 116 Å². The normalized spacial score (nSPS) is 18.8. The van der Waals surface area contributed by atoms with Gasteiger partial charge < -0.3 is 81.1 Å². The van der Waals surface area contributed by atoms with Gasteiger partial charge in [-0.2, -0.15) is 0 Å². The van der Waals surface area contributed by atoms with Gasteiger partial charge >= 0.3 is 5.97 Å². The number of fused-ring (bicyclic) bond motifs is 2. The van der Waals surface area contributed by atoms with Gasteiger partial charge in [-0.1, -0.05) is 12.1 Å². The smallest absolute Gasteiger partial charge is 0.384 e. The summed E-state index contributed by atoms with van der Waals surface area (Å²) in [7, 11) is 19.2. The molecule has 0 radical (unpaired) electrons. The highest BCUT2D eigenvalue weighted by Crippen LogP contribution is 2.51. The fourth-order valence-corrected chi connectivity index (χ4v) is 10.0. The minimum atomic E-state index is -0.716. The number of carbonyl (C=O) groups is 2. The van der Waals surface area contributed by atoms with Crippen molar-refractivity contribution in [1.82, 2.24) is 0 Å². The molecule has 2 aliphatic rings. The lowest BCUT2D eigenvalue weighted by molar-refractivity contribution is -0.941. The number of nitrogens with zero attached hydrogens (tertiary/aromatic N) is 2. The van der Waals surface area contributed by atoms with E-state index in [1.54, 1.807) is 64.0 Å². The Labute approximate surface area is 420 Å². The second-order valence-corrected chi connectivity index (χ2v) is 17.6. The molecule has 14 nitrogen and oxygen atoms in total. The number of ether oxygens (including phenoxy) is 10. The highest BCUT2D eigenvalue weighted by atomic mass is 35.5. The van der Waals surface area contributed by atoms with Gasteiger partial charge in [-0.25, -0.2) is 4.79 Å². The number of rotatable bonds is 21. The van der Waals surface area contributed by atoms with E-state index in [4.69, 9.17) is 47.4 Å². The van der Waals surface area contributed by atoms with E-state index >= 15 is 0 Å². The van der Waals surface area contributed by atoms with Crippen LogP contribution in [-0.2, 0) is 40.0 Å². The molecule has 0 saturated heterocycles. The standard InChI is InChI=1S/C53H68N2O12.2ClH/c1-54(25-21-37-32-47(62-7)48(63-8)34-40(37)41(54)28-35-15-18-43(58-3)45(30-35)60-5)23-12-14-39(56)17-20-50(57)67-27-13-24-55(2)26-22-38-33-49(64-9)52(65-10)53(66-11)51(38)42(55)29-36-16-19-44(59-4)46(31-36)61-6;;/h15-16,18-19,30-34,41-42H,12-14,21-29H2,1-11H3;2*1H/q+2;;/p-2. The van der Waals surface area contributed by atoms with Crippen molar-refractivity contribution in [3.8, 4) is 63.6 Å². The van der Waals surface area contributed by atoms with Gasteiger partial charge in [-0.15, -0.1) is 0 Å². The predicted molar refractivity (Wildman–Crippen MR) is 254 cm³/mol. The van der Waals surface area contributed by atoms with E-state index in [1.807, 2.05) is 30.3 Å². The third-order valence-corrected chi connectivity index (χ3v) is 13.8. The van der Waals surface area contributed by atoms with Crippen LogP contribution in [0.15, 0.2) is 54.6 Å². The Morgan fingerprint density at radius 1 is 0.536 bits per heavy atom. The van der Waals surface area contributed by atoms with Crippen molar-refractivity contribution in [3.63, 3.8) is 0 Å². The van der Waals surface area contributed by atoms with Gasteiger partial charge in [0.15, 0.2) is 46.0 Å². The van der Waals surface area contributed by atoms with Crippen LogP contribution in [0.1, 0.15) is 64.7 Å². The van der Waals surface area contributed by atoms with Crippen molar-refractivity contribution >= 4 is 11.8 Å². The summed E-state index contributed by atoms with van der Waals surface area (Å²) in [4.78, 5) is 26.0. The van der Waals surface area contributed by atoms with Crippen LogP contribution in [0.25, 0.3) is 0 Å². The van der Waals surface area contributed by atoms with E-state index < -0.39 is 5.97 Å². The second kappa shape index (κ2) is 25.2. The molecule has 6 rings (SSSR count). The molecule has 4 atom stereocenters. The first-order valence-electron chi connectivity index (χ1n) is 22.7. The number of likely N-dealkylation sites (N-methyl/N-ethyl adjacent to an activating group) is 2. The lowest BCUT2D eigenvalue weighted by Gasteiger charge is -2.46. The number of halogens is 2. The molecule has 4 aromatic carbocycles. The highest BCUT2D eigenvalue weighted by molar-refractivity contribution is 6.01. The second-order valence-electron chi connectivity index (χ2n) is 17.6. The topological polar surface area (TPSA) is 126 Å². The molecular weight excluding hydrogens is 927 g/mol. The Hall–Kier alpha value is -5.72. The number of benzene rings is 4. The fraction of sp³-hybridized carbons (Fsp3) is 0.472. The predicted octanol–water partition coefficient (Wildman–Crippen LogP) is 1.33. The van der Waals surface area contributed by atoms with Crippen LogP contribution < -0.4 is 67.4 Å². The van der Waals surface area contributed by atoms with E-state index in [0.29, 0.717) is 86.5 Å². The van der Waals surface area contributed by atoms with E-state index in [9.17, 15) is 9.59 Å². The van der Waals surface area contributed by atoms with Crippen LogP contribution in [0.3, 0.4) is 0 Å². The number of carbonyl (C=O) groups excluding carboxylic acids is 2. The quantitative estimate of drug-likeness (QED) is 0.0299. The minimum Gasteiger partial charge on any atom is -1.00 e. The maximum absolute atomic E-state index is 13.1. The molecule has 2 aliphatic heterocycles. The molecule has 69 heavy (non-hydrogen) atoms. The number of hydrogen-bond donors (Lipinski definition) is 0. The van der Waals surface area contributed by atoms with Crippen LogP contribution in [0.2, 0.25) is 0 Å². The molecular formula is C53H68Cl2N2O12. The molecule has 0 aliphatic carbocycles. The van der Waals surface area contributed by atoms with Gasteiger partial charge in [-0.3, -0.25) is 4.79 Å². The third kappa shape index (κ3) is 12.6. The molecule has 0 bridgehead atoms. The Balaban J connectivity index is 0.00000518. The summed E-state index contributed by atoms with van der Waals surface area (Å²) >= 11 is 0. The van der Waals surface area contributed by atoms with Crippen LogP contribution >= 0.6 is 0 Å². The first-order chi connectivity index (χ1) is 32.3. The zero-order chi connectivity index (χ0) is 48.3. The number of methoxy groups -OCH3 is 9. The summed E-state index contributed by atoms with van der Waals surface area (Å²) < 4.78 is 58.3. The van der Waals surface area contributed by atoms with E-state index in [0.717, 1.165) is 61.2 Å². The van der Waals surface area contributed by atoms with Crippen molar-refractivity contribution < 1.29 is 90.7 Å². The zero-order valence-corrected chi connectivity index (χ0v) is 43.4. The maximum atomic E-state index is 13.1. The molecule has 4 aromatic rings. The van der Waals surface area contributed by atoms with Crippen LogP contribution in [0, 0.1) is 11.8 Å². The van der Waals surface area contributed by atoms with Gasteiger partial charge in [0.2, 0.25) is 11.5 Å². The highest BCUT2D eigenvalue weighted by Gasteiger charge is 2.43. The van der Waals surface area contributed by atoms with Crippen molar-refractivity contribution in [2.75, 3.05) is 111 Å². The summed E-state index contributed by atoms with van der Waals surface area (Å²) in [5.74, 6) is 9.83. The Morgan fingerprint density at radius 3 is 1.57 bits per heavy atom. The summed E-state index contributed by atoms with van der Waals surface area (Å²) in [5.41, 5.74) is 6.76. The minimum absolute atomic E-state index is 0. The summed E-state index contributed by atoms with van der Waals surface area (Å²) in [6.07, 6.45) is 4.40. The zero-order valence-electron chi connectivity index (χ0n) is 41.9. The number of Topliss-reactive ketones (excluding diaryl/α,β-unsaturated/α-hetero) is 1. The first kappa shape index (κ1) is 55.9. The number of hydrogen-bond acceptors (Lipinski definition) is 12. The maximum Gasteiger partial charge on any atom is 0.384 e. The first-order valence-corrected chi connectivity index (χ1v) is 22.7. The summed E-state index contributed by atoms with van der Waals surface area (Å²) in [6.45, 7) is 3.28. The molecule has 0 aromatic heterocycles. The van der Waals surface area contributed by atoms with Gasteiger partial charge in [0.1, 0.15) is 12.1 Å². The van der Waals surface area contributed by atoms with Crippen molar-refractivity contribution in [2.45, 2.75) is 57.0 Å². The van der Waals surface area contributed by atoms with Crippen LogP contribution in [0.4, 0.5) is 0 Å². The lowest BCUT2D eigenvalue weighted by Crippen LogP contribution is -3.00. The van der Waals surface area contributed by atoms with Crippen molar-refractivity contribution in [2.24, 2.45) is 0 Å². The number of esters is 1. The molecule has 2 heterocycles. The fourth-order valence-electron chi connectivity index (χ4n) is 10.0. The van der Waals surface area contributed by atoms with E-state index in [-0.39, 0.29) is 55.7 Å². The molecule has 0 amide bonds. The van der Waals surface area contributed by atoms with Crippen molar-refractivity contribution in [3.05, 3.63) is 88.0 Å². The Morgan fingerprint density at radius 2 is 1.01 bits per heavy atom. The van der Waals surface area contributed by atoms with E-state index in [1.165, 1.54) is 11.1 Å². The third-order valence-electron chi connectivity index (χ3n) is 13.8. The molecule has 0 spiro atoms. The Bertz CT molecular complexity index is 2470. The van der Waals surface area contributed by atoms with E-state index in [2.05, 4.69) is 50.2 Å². The number of ketones is 1. The molecule has 16 heteroatoms.